The van der Waals surface area contributed by atoms with Crippen molar-refractivity contribution < 1.29 is 13.2 Å². The van der Waals surface area contributed by atoms with Gasteiger partial charge in [-0.1, -0.05) is 31.4 Å². The first-order valence-electron chi connectivity index (χ1n) is 9.34. The summed E-state index contributed by atoms with van der Waals surface area (Å²) in [6.45, 7) is 2.78. The predicted molar refractivity (Wildman–Crippen MR) is 97.7 cm³/mol. The van der Waals surface area contributed by atoms with E-state index in [0.717, 1.165) is 44.1 Å². The average Bonchev–Trinajstić information content (AvgIpc) is 2.62. The van der Waals surface area contributed by atoms with Crippen LogP contribution < -0.4 is 5.32 Å². The van der Waals surface area contributed by atoms with Crippen molar-refractivity contribution in [1.29, 1.82) is 0 Å². The molecule has 2 fully saturated rings. The number of aryl methyl sites for hydroxylation is 1. The van der Waals surface area contributed by atoms with Crippen molar-refractivity contribution in [3.05, 3.63) is 29.8 Å². The molecule has 0 radical (unpaired) electrons. The third-order valence-corrected chi connectivity index (χ3v) is 7.19. The van der Waals surface area contributed by atoms with Crippen LogP contribution in [0.3, 0.4) is 0 Å². The summed E-state index contributed by atoms with van der Waals surface area (Å²) in [6, 6.07) is 6.94. The van der Waals surface area contributed by atoms with Gasteiger partial charge in [0, 0.05) is 25.0 Å². The van der Waals surface area contributed by atoms with Gasteiger partial charge in [-0.15, -0.1) is 0 Å². The molecule has 0 aromatic heterocycles. The Kier molecular flexibility index (Phi) is 5.79. The first-order valence-corrected chi connectivity index (χ1v) is 10.8. The van der Waals surface area contributed by atoms with Gasteiger partial charge in [-0.2, -0.15) is 4.31 Å². The zero-order chi connectivity index (χ0) is 17.9. The maximum absolute atomic E-state index is 12.9. The smallest absolute Gasteiger partial charge is 0.243 e. The topological polar surface area (TPSA) is 66.5 Å². The zero-order valence-electron chi connectivity index (χ0n) is 14.9. The minimum absolute atomic E-state index is 0.0808. The monoisotopic (exact) mass is 364 g/mol. The number of amides is 1. The van der Waals surface area contributed by atoms with E-state index in [0.29, 0.717) is 18.0 Å². The highest BCUT2D eigenvalue weighted by atomic mass is 32.2. The van der Waals surface area contributed by atoms with Gasteiger partial charge in [-0.25, -0.2) is 8.42 Å². The molecule has 1 atom stereocenters. The Bertz CT molecular complexity index is 711. The lowest BCUT2D eigenvalue weighted by Gasteiger charge is -2.33. The van der Waals surface area contributed by atoms with Gasteiger partial charge in [-0.3, -0.25) is 4.79 Å². The van der Waals surface area contributed by atoms with Crippen LogP contribution in [-0.2, 0) is 14.8 Å². The molecule has 1 amide bonds. The van der Waals surface area contributed by atoms with E-state index in [-0.39, 0.29) is 17.9 Å². The second kappa shape index (κ2) is 7.87. The molecule has 1 saturated heterocycles. The molecule has 25 heavy (non-hydrogen) atoms. The Balaban J connectivity index is 1.65. The van der Waals surface area contributed by atoms with Crippen LogP contribution >= 0.6 is 0 Å². The molecule has 1 aliphatic carbocycles. The number of hydrogen-bond acceptors (Lipinski definition) is 3. The zero-order valence-corrected chi connectivity index (χ0v) is 15.7. The maximum atomic E-state index is 12.9. The summed E-state index contributed by atoms with van der Waals surface area (Å²) in [5.41, 5.74) is 0.931. The van der Waals surface area contributed by atoms with Gasteiger partial charge in [-0.05, 0) is 50.3 Å². The van der Waals surface area contributed by atoms with Gasteiger partial charge in [0.15, 0.2) is 0 Å². The van der Waals surface area contributed by atoms with Crippen molar-refractivity contribution in [2.75, 3.05) is 13.1 Å². The van der Waals surface area contributed by atoms with Crippen LogP contribution in [0.5, 0.6) is 0 Å². The Hall–Kier alpha value is -1.40. The molecule has 1 N–H and O–H groups in total. The Morgan fingerprint density at radius 1 is 1.12 bits per heavy atom. The Morgan fingerprint density at radius 3 is 2.60 bits per heavy atom. The maximum Gasteiger partial charge on any atom is 0.243 e. The van der Waals surface area contributed by atoms with E-state index in [9.17, 15) is 13.2 Å². The van der Waals surface area contributed by atoms with Crippen molar-refractivity contribution in [2.45, 2.75) is 62.8 Å². The minimum Gasteiger partial charge on any atom is -0.352 e. The van der Waals surface area contributed by atoms with E-state index < -0.39 is 10.0 Å². The standard InChI is InChI=1S/C19H28N2O3S/c1-15-7-5-11-18(13-15)25(23,24)21-12-6-10-17(14-21)20-19(22)16-8-3-2-4-9-16/h5,7,11,13,16-17H,2-4,6,8-10,12,14H2,1H3,(H,20,22)/t17-/m0/s1. The van der Waals surface area contributed by atoms with Crippen LogP contribution in [0.15, 0.2) is 29.2 Å². The predicted octanol–water partition coefficient (Wildman–Crippen LogP) is 2.84. The van der Waals surface area contributed by atoms with E-state index in [4.69, 9.17) is 0 Å². The summed E-state index contributed by atoms with van der Waals surface area (Å²) in [7, 11) is -3.50. The van der Waals surface area contributed by atoms with Gasteiger partial charge in [0.25, 0.3) is 0 Å². The third kappa shape index (κ3) is 4.42. The molecule has 1 heterocycles. The van der Waals surface area contributed by atoms with Crippen LogP contribution in [0.25, 0.3) is 0 Å². The van der Waals surface area contributed by atoms with Crippen molar-refractivity contribution in [3.63, 3.8) is 0 Å². The molecule has 1 saturated carbocycles. The highest BCUT2D eigenvalue weighted by Crippen LogP contribution is 2.25. The van der Waals surface area contributed by atoms with E-state index >= 15 is 0 Å². The average molecular weight is 365 g/mol. The first kappa shape index (κ1) is 18.4. The number of nitrogens with zero attached hydrogens (tertiary/aromatic N) is 1. The van der Waals surface area contributed by atoms with Crippen LogP contribution in [0.4, 0.5) is 0 Å². The number of carbonyl (C=O) groups excluding carboxylic acids is 1. The molecular weight excluding hydrogens is 336 g/mol. The SMILES string of the molecule is Cc1cccc(S(=O)(=O)N2CCC[C@H](NC(=O)C3CCCCC3)C2)c1. The van der Waals surface area contributed by atoms with Crippen molar-refractivity contribution in [2.24, 2.45) is 5.92 Å². The van der Waals surface area contributed by atoms with Crippen molar-refractivity contribution >= 4 is 15.9 Å². The number of carbonyl (C=O) groups is 1. The van der Waals surface area contributed by atoms with Gasteiger partial charge >= 0.3 is 0 Å². The fourth-order valence-electron chi connectivity index (χ4n) is 3.89. The molecule has 138 valence electrons. The second-order valence-corrected chi connectivity index (χ2v) is 9.30. The minimum atomic E-state index is -3.50. The number of benzene rings is 1. The van der Waals surface area contributed by atoms with Crippen LogP contribution in [0.1, 0.15) is 50.5 Å². The highest BCUT2D eigenvalue weighted by molar-refractivity contribution is 7.89. The Morgan fingerprint density at radius 2 is 1.88 bits per heavy atom. The second-order valence-electron chi connectivity index (χ2n) is 7.36. The lowest BCUT2D eigenvalue weighted by atomic mass is 9.88. The summed E-state index contributed by atoms with van der Waals surface area (Å²) >= 11 is 0. The fourth-order valence-corrected chi connectivity index (χ4v) is 5.52. The lowest BCUT2D eigenvalue weighted by molar-refractivity contribution is -0.126. The van der Waals surface area contributed by atoms with Crippen LogP contribution in [0.2, 0.25) is 0 Å². The van der Waals surface area contributed by atoms with E-state index in [1.54, 1.807) is 18.2 Å². The van der Waals surface area contributed by atoms with Gasteiger partial charge in [0.05, 0.1) is 4.90 Å². The molecule has 0 bridgehead atoms. The van der Waals surface area contributed by atoms with Crippen molar-refractivity contribution in [1.82, 2.24) is 9.62 Å². The molecule has 6 heteroatoms. The molecule has 0 unspecified atom stereocenters. The summed E-state index contributed by atoms with van der Waals surface area (Å²) in [6.07, 6.45) is 7.01. The molecule has 0 spiro atoms. The highest BCUT2D eigenvalue weighted by Gasteiger charge is 2.32. The molecule has 5 nitrogen and oxygen atoms in total. The van der Waals surface area contributed by atoms with Gasteiger partial charge in [0.1, 0.15) is 0 Å². The normalized spacial score (nSPS) is 23.3. The van der Waals surface area contributed by atoms with Gasteiger partial charge in [0.2, 0.25) is 15.9 Å². The molecule has 1 aromatic rings. The third-order valence-electron chi connectivity index (χ3n) is 5.33. The number of piperidine rings is 1. The quantitative estimate of drug-likeness (QED) is 0.893. The lowest BCUT2D eigenvalue weighted by Crippen LogP contribution is -2.50. The van der Waals surface area contributed by atoms with Crippen LogP contribution in [0, 0.1) is 12.8 Å². The molecule has 3 rings (SSSR count). The summed E-state index contributed by atoms with van der Waals surface area (Å²) in [4.78, 5) is 12.8. The molecule has 1 aromatic carbocycles. The number of rotatable bonds is 4. The van der Waals surface area contributed by atoms with E-state index in [2.05, 4.69) is 5.32 Å². The first-order chi connectivity index (χ1) is 12.0. The van der Waals surface area contributed by atoms with Crippen molar-refractivity contribution in [3.8, 4) is 0 Å². The summed E-state index contributed by atoms with van der Waals surface area (Å²) in [5, 5.41) is 3.11. The Labute approximate surface area is 150 Å². The number of hydrogen-bond donors (Lipinski definition) is 1. The van der Waals surface area contributed by atoms with E-state index in [1.165, 1.54) is 10.7 Å². The number of sulfonamides is 1. The van der Waals surface area contributed by atoms with E-state index in [1.807, 2.05) is 13.0 Å². The van der Waals surface area contributed by atoms with Crippen LogP contribution in [-0.4, -0.2) is 37.8 Å². The summed E-state index contributed by atoms with van der Waals surface area (Å²) in [5.74, 6) is 0.219. The summed E-state index contributed by atoms with van der Waals surface area (Å²) < 4.78 is 27.3. The number of nitrogens with one attached hydrogen (secondary N) is 1. The van der Waals surface area contributed by atoms with Gasteiger partial charge < -0.3 is 5.32 Å². The fraction of sp³-hybridized carbons (Fsp3) is 0.632. The molecule has 1 aliphatic heterocycles. The molecular formula is C19H28N2O3S. The largest absolute Gasteiger partial charge is 0.352 e. The molecule has 2 aliphatic rings.